The van der Waals surface area contributed by atoms with E-state index in [-0.39, 0.29) is 6.04 Å². The van der Waals surface area contributed by atoms with Gasteiger partial charge in [-0.05, 0) is 19.4 Å². The van der Waals surface area contributed by atoms with Crippen molar-refractivity contribution in [3.8, 4) is 22.7 Å². The second-order valence-electron chi connectivity index (χ2n) is 6.34. The van der Waals surface area contributed by atoms with E-state index in [2.05, 4.69) is 39.7 Å². The zero-order chi connectivity index (χ0) is 18.6. The first-order valence-corrected chi connectivity index (χ1v) is 8.85. The third-order valence-electron chi connectivity index (χ3n) is 4.45. The van der Waals surface area contributed by atoms with Gasteiger partial charge in [0.25, 0.3) is 5.89 Å². The number of hydrogen-bond acceptors (Lipinski definition) is 6. The normalized spacial score (nSPS) is 12.2. The van der Waals surface area contributed by atoms with E-state index in [0.717, 1.165) is 11.1 Å². The van der Waals surface area contributed by atoms with Crippen LogP contribution >= 0.6 is 0 Å². The summed E-state index contributed by atoms with van der Waals surface area (Å²) in [5.74, 6) is 1.58. The maximum atomic E-state index is 5.87. The summed E-state index contributed by atoms with van der Waals surface area (Å²) in [6, 6.07) is 20.2. The minimum atomic E-state index is 0.179. The SMILES string of the molecule is Cc1onc(-c2ccccc2)c1-c1nnc(CN[C@@H](C)c2ccccc2)o1. The Labute approximate surface area is 157 Å². The quantitative estimate of drug-likeness (QED) is 0.543. The van der Waals surface area contributed by atoms with Gasteiger partial charge in [0.15, 0.2) is 0 Å². The van der Waals surface area contributed by atoms with Crippen LogP contribution in [0.4, 0.5) is 0 Å². The number of rotatable bonds is 6. The van der Waals surface area contributed by atoms with Gasteiger partial charge in [-0.3, -0.25) is 0 Å². The van der Waals surface area contributed by atoms with Crippen molar-refractivity contribution in [2.75, 3.05) is 0 Å². The fourth-order valence-corrected chi connectivity index (χ4v) is 2.94. The Morgan fingerprint density at radius 3 is 2.41 bits per heavy atom. The molecule has 0 spiro atoms. The van der Waals surface area contributed by atoms with E-state index in [1.165, 1.54) is 5.56 Å². The average molecular weight is 360 g/mol. The summed E-state index contributed by atoms with van der Waals surface area (Å²) in [5, 5.41) is 15.9. The molecule has 0 aliphatic heterocycles. The molecule has 0 aliphatic carbocycles. The summed E-state index contributed by atoms with van der Waals surface area (Å²) in [7, 11) is 0. The first-order chi connectivity index (χ1) is 13.2. The third-order valence-corrected chi connectivity index (χ3v) is 4.45. The molecule has 4 aromatic rings. The molecule has 0 bridgehead atoms. The minimum Gasteiger partial charge on any atom is -0.419 e. The van der Waals surface area contributed by atoms with Crippen LogP contribution < -0.4 is 5.32 Å². The lowest BCUT2D eigenvalue weighted by Crippen LogP contribution is -2.18. The highest BCUT2D eigenvalue weighted by molar-refractivity contribution is 5.77. The van der Waals surface area contributed by atoms with Crippen LogP contribution in [0, 0.1) is 6.92 Å². The predicted molar refractivity (Wildman–Crippen MR) is 102 cm³/mol. The molecule has 0 fully saturated rings. The summed E-state index contributed by atoms with van der Waals surface area (Å²) in [5.41, 5.74) is 3.59. The maximum absolute atomic E-state index is 5.87. The fourth-order valence-electron chi connectivity index (χ4n) is 2.94. The fraction of sp³-hybridized carbons (Fsp3) is 0.190. The van der Waals surface area contributed by atoms with Gasteiger partial charge in [0.1, 0.15) is 17.0 Å². The van der Waals surface area contributed by atoms with E-state index in [1.807, 2.05) is 55.5 Å². The molecule has 4 rings (SSSR count). The summed E-state index contributed by atoms with van der Waals surface area (Å²) in [6.45, 7) is 4.42. The number of aromatic nitrogens is 3. The van der Waals surface area contributed by atoms with Gasteiger partial charge in [-0.2, -0.15) is 0 Å². The first kappa shape index (κ1) is 17.2. The summed E-state index contributed by atoms with van der Waals surface area (Å²) in [6.07, 6.45) is 0. The van der Waals surface area contributed by atoms with Crippen LogP contribution in [0.2, 0.25) is 0 Å². The molecule has 6 nitrogen and oxygen atoms in total. The van der Waals surface area contributed by atoms with Crippen molar-refractivity contribution in [3.05, 3.63) is 77.9 Å². The van der Waals surface area contributed by atoms with Crippen molar-refractivity contribution in [2.24, 2.45) is 0 Å². The molecule has 0 radical (unpaired) electrons. The summed E-state index contributed by atoms with van der Waals surface area (Å²) in [4.78, 5) is 0. The standard InChI is InChI=1S/C21H20N4O2/c1-14(16-9-5-3-6-10-16)22-13-18-23-24-21(26-18)19-15(2)27-25-20(19)17-11-7-4-8-12-17/h3-12,14,22H,13H2,1-2H3/t14-/m0/s1. The highest BCUT2D eigenvalue weighted by Crippen LogP contribution is 2.33. The van der Waals surface area contributed by atoms with E-state index in [1.54, 1.807) is 0 Å². The van der Waals surface area contributed by atoms with Crippen molar-refractivity contribution in [3.63, 3.8) is 0 Å². The molecule has 1 N–H and O–H groups in total. The molecule has 2 aromatic heterocycles. The van der Waals surface area contributed by atoms with Gasteiger partial charge in [0, 0.05) is 11.6 Å². The van der Waals surface area contributed by atoms with E-state index in [9.17, 15) is 0 Å². The second kappa shape index (κ2) is 7.55. The van der Waals surface area contributed by atoms with Crippen LogP contribution in [-0.4, -0.2) is 15.4 Å². The number of hydrogen-bond donors (Lipinski definition) is 1. The Hall–Kier alpha value is -3.25. The maximum Gasteiger partial charge on any atom is 0.253 e. The van der Waals surface area contributed by atoms with Crippen LogP contribution in [0.15, 0.2) is 69.6 Å². The Bertz CT molecular complexity index is 1010. The van der Waals surface area contributed by atoms with E-state index >= 15 is 0 Å². The molecular weight excluding hydrogens is 340 g/mol. The monoisotopic (exact) mass is 360 g/mol. The summed E-state index contributed by atoms with van der Waals surface area (Å²) < 4.78 is 11.2. The Kier molecular flexibility index (Phi) is 4.80. The van der Waals surface area contributed by atoms with Gasteiger partial charge >= 0.3 is 0 Å². The zero-order valence-electron chi connectivity index (χ0n) is 15.2. The third kappa shape index (κ3) is 3.66. The molecular formula is C21H20N4O2. The largest absolute Gasteiger partial charge is 0.419 e. The molecule has 27 heavy (non-hydrogen) atoms. The van der Waals surface area contributed by atoms with Gasteiger partial charge in [0.05, 0.1) is 6.54 Å². The molecule has 0 saturated carbocycles. The Morgan fingerprint density at radius 2 is 1.67 bits per heavy atom. The lowest BCUT2D eigenvalue weighted by Gasteiger charge is -2.12. The van der Waals surface area contributed by atoms with Crippen molar-refractivity contribution < 1.29 is 8.94 Å². The molecule has 2 aromatic carbocycles. The number of nitrogens with one attached hydrogen (secondary N) is 1. The van der Waals surface area contributed by atoms with Crippen molar-refractivity contribution in [1.82, 2.24) is 20.7 Å². The van der Waals surface area contributed by atoms with Crippen LogP contribution in [0.3, 0.4) is 0 Å². The van der Waals surface area contributed by atoms with E-state index in [0.29, 0.717) is 29.8 Å². The minimum absolute atomic E-state index is 0.179. The highest BCUT2D eigenvalue weighted by atomic mass is 16.5. The zero-order valence-corrected chi connectivity index (χ0v) is 15.2. The smallest absolute Gasteiger partial charge is 0.253 e. The lowest BCUT2D eigenvalue weighted by atomic mass is 10.1. The molecule has 6 heteroatoms. The number of nitrogens with zero attached hydrogens (tertiary/aromatic N) is 3. The highest BCUT2D eigenvalue weighted by Gasteiger charge is 2.22. The second-order valence-corrected chi connectivity index (χ2v) is 6.34. The molecule has 0 aliphatic rings. The molecule has 0 amide bonds. The van der Waals surface area contributed by atoms with Crippen LogP contribution in [0.5, 0.6) is 0 Å². The van der Waals surface area contributed by atoms with Gasteiger partial charge < -0.3 is 14.3 Å². The molecule has 1 atom stereocenters. The molecule has 0 unspecified atom stereocenters. The van der Waals surface area contributed by atoms with Gasteiger partial charge in [-0.25, -0.2) is 0 Å². The van der Waals surface area contributed by atoms with Crippen LogP contribution in [0.25, 0.3) is 22.7 Å². The van der Waals surface area contributed by atoms with Crippen LogP contribution in [0.1, 0.15) is 30.2 Å². The first-order valence-electron chi connectivity index (χ1n) is 8.85. The van der Waals surface area contributed by atoms with Crippen molar-refractivity contribution >= 4 is 0 Å². The van der Waals surface area contributed by atoms with E-state index in [4.69, 9.17) is 8.94 Å². The topological polar surface area (TPSA) is 77.0 Å². The molecule has 0 saturated heterocycles. The van der Waals surface area contributed by atoms with E-state index < -0.39 is 0 Å². The Balaban J connectivity index is 1.53. The van der Waals surface area contributed by atoms with Crippen molar-refractivity contribution in [1.29, 1.82) is 0 Å². The lowest BCUT2D eigenvalue weighted by molar-refractivity contribution is 0.399. The molecule has 2 heterocycles. The average Bonchev–Trinajstić information content (AvgIpc) is 3.33. The number of aryl methyl sites for hydroxylation is 1. The van der Waals surface area contributed by atoms with Gasteiger partial charge in [0.2, 0.25) is 5.89 Å². The molecule has 136 valence electrons. The van der Waals surface area contributed by atoms with Gasteiger partial charge in [-0.15, -0.1) is 10.2 Å². The van der Waals surface area contributed by atoms with Crippen molar-refractivity contribution in [2.45, 2.75) is 26.4 Å². The van der Waals surface area contributed by atoms with Crippen LogP contribution in [-0.2, 0) is 6.54 Å². The summed E-state index contributed by atoms with van der Waals surface area (Å²) >= 11 is 0. The predicted octanol–water partition coefficient (Wildman–Crippen LogP) is 4.55. The van der Waals surface area contributed by atoms with Gasteiger partial charge in [-0.1, -0.05) is 65.8 Å². The Morgan fingerprint density at radius 1 is 0.963 bits per heavy atom. The number of benzene rings is 2.